The van der Waals surface area contributed by atoms with Crippen molar-refractivity contribution < 1.29 is 23.9 Å². The fourth-order valence-electron chi connectivity index (χ4n) is 3.16. The highest BCUT2D eigenvalue weighted by Crippen LogP contribution is 2.27. The summed E-state index contributed by atoms with van der Waals surface area (Å²) in [7, 11) is 3.10. The third kappa shape index (κ3) is 5.05. The van der Waals surface area contributed by atoms with E-state index in [2.05, 4.69) is 15.6 Å². The maximum absolute atomic E-state index is 12.6. The molecule has 1 aromatic carbocycles. The fourth-order valence-corrected chi connectivity index (χ4v) is 3.16. The van der Waals surface area contributed by atoms with Crippen molar-refractivity contribution in [3.05, 3.63) is 53.9 Å². The summed E-state index contributed by atoms with van der Waals surface area (Å²) in [6, 6.07) is 7.69. The highest BCUT2D eigenvalue weighted by molar-refractivity contribution is 6.05. The van der Waals surface area contributed by atoms with E-state index in [1.165, 1.54) is 0 Å². The van der Waals surface area contributed by atoms with Crippen LogP contribution in [0.1, 0.15) is 17.5 Å². The van der Waals surface area contributed by atoms with Gasteiger partial charge in [0.25, 0.3) is 5.91 Å². The van der Waals surface area contributed by atoms with Crippen molar-refractivity contribution in [2.75, 3.05) is 20.8 Å². The van der Waals surface area contributed by atoms with Gasteiger partial charge in [-0.3, -0.25) is 19.5 Å². The molecule has 30 heavy (non-hydrogen) atoms. The van der Waals surface area contributed by atoms with Gasteiger partial charge in [-0.25, -0.2) is 4.79 Å². The number of urea groups is 1. The molecule has 0 bridgehead atoms. The van der Waals surface area contributed by atoms with E-state index in [-0.39, 0.29) is 18.9 Å². The number of rotatable bonds is 9. The number of pyridine rings is 1. The number of hydrogen-bond donors (Lipinski definition) is 2. The Morgan fingerprint density at radius 3 is 2.67 bits per heavy atom. The van der Waals surface area contributed by atoms with Crippen molar-refractivity contribution in [3.63, 3.8) is 0 Å². The molecule has 1 aliphatic rings. The molecule has 2 heterocycles. The fraction of sp³-hybridized carbons (Fsp3) is 0.333. The summed E-state index contributed by atoms with van der Waals surface area (Å²) in [6.07, 6.45) is 3.64. The molecule has 158 valence electrons. The number of methoxy groups -OCH3 is 2. The SMILES string of the molecule is COc1ccc(CCN2C(=O)NC(CC(=O)NCc3cccnc3)C2=O)cc1OC. The van der Waals surface area contributed by atoms with Gasteiger partial charge in [-0.1, -0.05) is 12.1 Å². The first-order valence-corrected chi connectivity index (χ1v) is 9.50. The second-order valence-corrected chi connectivity index (χ2v) is 6.77. The molecule has 1 aromatic heterocycles. The van der Waals surface area contributed by atoms with Crippen molar-refractivity contribution in [1.82, 2.24) is 20.5 Å². The topological polar surface area (TPSA) is 110 Å². The van der Waals surface area contributed by atoms with Crippen LogP contribution in [0.25, 0.3) is 0 Å². The molecule has 4 amide bonds. The zero-order chi connectivity index (χ0) is 21.5. The molecule has 1 saturated heterocycles. The highest BCUT2D eigenvalue weighted by Gasteiger charge is 2.38. The third-order valence-electron chi connectivity index (χ3n) is 4.78. The van der Waals surface area contributed by atoms with Crippen molar-refractivity contribution in [1.29, 1.82) is 0 Å². The van der Waals surface area contributed by atoms with Crippen molar-refractivity contribution >= 4 is 17.8 Å². The molecule has 2 aromatic rings. The summed E-state index contributed by atoms with van der Waals surface area (Å²) < 4.78 is 10.5. The number of benzene rings is 1. The minimum Gasteiger partial charge on any atom is -0.493 e. The summed E-state index contributed by atoms with van der Waals surface area (Å²) in [6.45, 7) is 0.512. The minimum absolute atomic E-state index is 0.113. The number of ether oxygens (including phenoxy) is 2. The van der Waals surface area contributed by atoms with E-state index in [1.54, 1.807) is 44.8 Å². The second-order valence-electron chi connectivity index (χ2n) is 6.77. The van der Waals surface area contributed by atoms with Gasteiger partial charge in [0.2, 0.25) is 5.91 Å². The molecule has 1 atom stereocenters. The number of carbonyl (C=O) groups excluding carboxylic acids is 3. The molecule has 0 radical (unpaired) electrons. The van der Waals surface area contributed by atoms with Crippen LogP contribution in [0.2, 0.25) is 0 Å². The number of carbonyl (C=O) groups is 3. The maximum atomic E-state index is 12.6. The van der Waals surface area contributed by atoms with E-state index in [1.807, 2.05) is 12.1 Å². The Bertz CT molecular complexity index is 919. The normalized spacial score (nSPS) is 15.7. The lowest BCUT2D eigenvalue weighted by molar-refractivity contribution is -0.130. The zero-order valence-corrected chi connectivity index (χ0v) is 16.9. The summed E-state index contributed by atoms with van der Waals surface area (Å²) >= 11 is 0. The first kappa shape index (κ1) is 21.1. The lowest BCUT2D eigenvalue weighted by Crippen LogP contribution is -2.36. The molecule has 1 unspecified atom stereocenters. The van der Waals surface area contributed by atoms with Crippen LogP contribution >= 0.6 is 0 Å². The van der Waals surface area contributed by atoms with Gasteiger partial charge in [0.15, 0.2) is 11.5 Å². The van der Waals surface area contributed by atoms with Crippen molar-refractivity contribution in [3.8, 4) is 11.5 Å². The standard InChI is InChI=1S/C21H24N4O5/c1-29-17-6-5-14(10-18(17)30-2)7-9-25-20(27)16(24-21(25)28)11-19(26)23-13-15-4-3-8-22-12-15/h3-6,8,10,12,16H,7,9,11,13H2,1-2H3,(H,23,26)(H,24,28). The van der Waals surface area contributed by atoms with Gasteiger partial charge in [-0.15, -0.1) is 0 Å². The van der Waals surface area contributed by atoms with Crippen molar-refractivity contribution in [2.24, 2.45) is 0 Å². The Balaban J connectivity index is 1.52. The van der Waals surface area contributed by atoms with Gasteiger partial charge in [0.1, 0.15) is 6.04 Å². The van der Waals surface area contributed by atoms with Gasteiger partial charge >= 0.3 is 6.03 Å². The number of amides is 4. The zero-order valence-electron chi connectivity index (χ0n) is 16.9. The van der Waals surface area contributed by atoms with Crippen LogP contribution in [-0.4, -0.2) is 54.5 Å². The first-order chi connectivity index (χ1) is 14.5. The summed E-state index contributed by atoms with van der Waals surface area (Å²) in [4.78, 5) is 42.1. The van der Waals surface area contributed by atoms with Crippen LogP contribution in [0, 0.1) is 0 Å². The van der Waals surface area contributed by atoms with Gasteiger partial charge in [0.05, 0.1) is 20.6 Å². The molecule has 0 saturated carbocycles. The van der Waals surface area contributed by atoms with Gasteiger partial charge < -0.3 is 20.1 Å². The van der Waals surface area contributed by atoms with E-state index >= 15 is 0 Å². The molecule has 0 spiro atoms. The number of nitrogens with one attached hydrogen (secondary N) is 2. The van der Waals surface area contributed by atoms with Crippen LogP contribution in [-0.2, 0) is 22.6 Å². The highest BCUT2D eigenvalue weighted by atomic mass is 16.5. The van der Waals surface area contributed by atoms with Crippen LogP contribution in [0.15, 0.2) is 42.7 Å². The molecule has 9 heteroatoms. The van der Waals surface area contributed by atoms with Gasteiger partial charge in [-0.05, 0) is 35.7 Å². The first-order valence-electron chi connectivity index (χ1n) is 9.50. The van der Waals surface area contributed by atoms with Crippen LogP contribution in [0.4, 0.5) is 4.79 Å². The second kappa shape index (κ2) is 9.73. The van der Waals surface area contributed by atoms with Gasteiger partial charge in [-0.2, -0.15) is 0 Å². The molecule has 3 rings (SSSR count). The Kier molecular flexibility index (Phi) is 6.84. The minimum atomic E-state index is -0.864. The van der Waals surface area contributed by atoms with E-state index in [9.17, 15) is 14.4 Å². The molecular weight excluding hydrogens is 388 g/mol. The lowest BCUT2D eigenvalue weighted by Gasteiger charge is -2.14. The molecule has 2 N–H and O–H groups in total. The van der Waals surface area contributed by atoms with E-state index in [0.717, 1.165) is 16.0 Å². The lowest BCUT2D eigenvalue weighted by atomic mass is 10.1. The Morgan fingerprint density at radius 2 is 1.97 bits per heavy atom. The average molecular weight is 412 g/mol. The van der Waals surface area contributed by atoms with Crippen LogP contribution in [0.5, 0.6) is 11.5 Å². The van der Waals surface area contributed by atoms with E-state index in [0.29, 0.717) is 24.5 Å². The summed E-state index contributed by atoms with van der Waals surface area (Å²) in [5.74, 6) is 0.459. The maximum Gasteiger partial charge on any atom is 0.324 e. The monoisotopic (exact) mass is 412 g/mol. The Morgan fingerprint density at radius 1 is 1.17 bits per heavy atom. The summed E-state index contributed by atoms with van der Waals surface area (Å²) in [5, 5.41) is 5.31. The molecule has 1 fully saturated rings. The molecule has 9 nitrogen and oxygen atoms in total. The quantitative estimate of drug-likeness (QED) is 0.600. The van der Waals surface area contributed by atoms with Gasteiger partial charge in [0, 0.05) is 25.5 Å². The summed E-state index contributed by atoms with van der Waals surface area (Å²) in [5.41, 5.74) is 1.75. The molecule has 1 aliphatic heterocycles. The largest absolute Gasteiger partial charge is 0.493 e. The average Bonchev–Trinajstić information content (AvgIpc) is 3.03. The third-order valence-corrected chi connectivity index (χ3v) is 4.78. The predicted molar refractivity (Wildman–Crippen MR) is 108 cm³/mol. The number of nitrogens with zero attached hydrogens (tertiary/aromatic N) is 2. The van der Waals surface area contributed by atoms with Crippen LogP contribution < -0.4 is 20.1 Å². The number of imide groups is 1. The molecule has 0 aliphatic carbocycles. The van der Waals surface area contributed by atoms with Crippen LogP contribution in [0.3, 0.4) is 0 Å². The molecular formula is C21H24N4O5. The van der Waals surface area contributed by atoms with E-state index < -0.39 is 18.0 Å². The predicted octanol–water partition coefficient (Wildman–Crippen LogP) is 1.27. The number of hydrogen-bond acceptors (Lipinski definition) is 6. The smallest absolute Gasteiger partial charge is 0.324 e. The van der Waals surface area contributed by atoms with E-state index in [4.69, 9.17) is 9.47 Å². The Labute approximate surface area is 174 Å². The number of aromatic nitrogens is 1. The van der Waals surface area contributed by atoms with Crippen molar-refractivity contribution in [2.45, 2.75) is 25.4 Å². The Hall–Kier alpha value is -3.62.